The molecule has 0 radical (unpaired) electrons. The number of hydrogen-bond donors (Lipinski definition) is 0. The minimum absolute atomic E-state index is 0. The van der Waals surface area contributed by atoms with Gasteiger partial charge in [-0.1, -0.05) is 6.08 Å². The van der Waals surface area contributed by atoms with Crippen LogP contribution in [-0.2, 0) is 4.79 Å². The van der Waals surface area contributed by atoms with Crippen LogP contribution in [0, 0.1) is 0 Å². The van der Waals surface area contributed by atoms with Gasteiger partial charge in [0.2, 0.25) is 0 Å². The largest absolute Gasteiger partial charge is 0.369 e. The van der Waals surface area contributed by atoms with Crippen LogP contribution in [0.4, 0.5) is 0 Å². The Labute approximate surface area is 93.3 Å². The number of isothiocyanates is 1. The van der Waals surface area contributed by atoms with E-state index in [1.165, 1.54) is 0 Å². The minimum atomic E-state index is 0. The number of Topliss-reactive ketones (excluding diaryl/α,β-unsaturated/α-hetero) is 1. The van der Waals surface area contributed by atoms with Gasteiger partial charge in [0.05, 0.1) is 18.3 Å². The lowest BCUT2D eigenvalue weighted by Crippen LogP contribution is -2.29. The summed E-state index contributed by atoms with van der Waals surface area (Å²) in [4.78, 5) is 16.6. The summed E-state index contributed by atoms with van der Waals surface area (Å²) in [7, 11) is 0. The second-order valence-corrected chi connectivity index (χ2v) is 2.75. The third kappa shape index (κ3) is 4.93. The maximum atomic E-state index is 10.9. The van der Waals surface area contributed by atoms with Gasteiger partial charge in [0, 0.05) is 13.0 Å². The molecule has 3 nitrogen and oxygen atoms in total. The van der Waals surface area contributed by atoms with Crippen molar-refractivity contribution in [3.05, 3.63) is 12.3 Å². The zero-order chi connectivity index (χ0) is 8.81. The Kier molecular flexibility index (Phi) is 6.68. The summed E-state index contributed by atoms with van der Waals surface area (Å²) in [5, 5.41) is 2.29. The molecular weight excluding hydrogens is 252 g/mol. The van der Waals surface area contributed by atoms with Crippen LogP contribution >= 0.6 is 29.2 Å². The van der Waals surface area contributed by atoms with Crippen LogP contribution in [0.1, 0.15) is 6.42 Å². The molecule has 0 amide bonds. The molecule has 0 unspecified atom stereocenters. The average molecular weight is 263 g/mol. The van der Waals surface area contributed by atoms with Crippen molar-refractivity contribution in [1.82, 2.24) is 4.90 Å². The Bertz CT molecular complexity index is 249. The molecule has 0 aromatic rings. The van der Waals surface area contributed by atoms with Crippen molar-refractivity contribution in [2.24, 2.45) is 4.99 Å². The highest BCUT2D eigenvalue weighted by Crippen LogP contribution is 2.01. The molecule has 0 saturated heterocycles. The zero-order valence-corrected chi connectivity index (χ0v) is 9.63. The smallest absolute Gasteiger partial charge is 0.155 e. The molecule has 1 aliphatic heterocycles. The number of carbonyl (C=O) groups excluding carboxylic acids is 1. The van der Waals surface area contributed by atoms with Crippen LogP contribution in [0.5, 0.6) is 0 Å². The van der Waals surface area contributed by atoms with Crippen LogP contribution in [0.2, 0.25) is 0 Å². The van der Waals surface area contributed by atoms with Gasteiger partial charge >= 0.3 is 0 Å². The summed E-state index contributed by atoms with van der Waals surface area (Å²) in [5.41, 5.74) is 0. The van der Waals surface area contributed by atoms with Crippen molar-refractivity contribution in [2.45, 2.75) is 6.42 Å². The van der Waals surface area contributed by atoms with Gasteiger partial charge in [-0.2, -0.15) is 0 Å². The first-order chi connectivity index (χ1) is 5.83. The van der Waals surface area contributed by atoms with Gasteiger partial charge in [-0.05, 0) is 18.4 Å². The number of carbonyl (C=O) groups is 1. The summed E-state index contributed by atoms with van der Waals surface area (Å²) in [6, 6.07) is 0. The van der Waals surface area contributed by atoms with E-state index >= 15 is 0 Å². The van der Waals surface area contributed by atoms with Gasteiger partial charge in [-0.3, -0.25) is 4.79 Å². The number of rotatable bonds is 3. The monoisotopic (exact) mass is 262 g/mol. The van der Waals surface area contributed by atoms with E-state index in [1.807, 2.05) is 17.2 Å². The van der Waals surface area contributed by atoms with Crippen molar-refractivity contribution in [1.29, 1.82) is 0 Å². The molecule has 0 aliphatic carbocycles. The number of thiocarbonyl (C=S) groups is 1. The van der Waals surface area contributed by atoms with E-state index in [9.17, 15) is 4.79 Å². The Balaban J connectivity index is 0.00000144. The third-order valence-electron chi connectivity index (χ3n) is 1.60. The number of nitrogens with zero attached hydrogens (tertiary/aromatic N) is 2. The van der Waals surface area contributed by atoms with E-state index in [-0.39, 0.29) is 22.8 Å². The summed E-state index contributed by atoms with van der Waals surface area (Å²) in [5.74, 6) is 0.254. The SMILES string of the molecule is Br.O=C1CC=CN(CCN=C=S)C1. The fourth-order valence-corrected chi connectivity index (χ4v) is 1.15. The Hall–Kier alpha value is -0.510. The molecule has 0 spiro atoms. The predicted molar refractivity (Wildman–Crippen MR) is 60.6 cm³/mol. The molecule has 0 N–H and O–H groups in total. The van der Waals surface area contributed by atoms with E-state index in [0.717, 1.165) is 6.54 Å². The lowest BCUT2D eigenvalue weighted by atomic mass is 10.2. The second-order valence-electron chi connectivity index (χ2n) is 2.57. The summed E-state index contributed by atoms with van der Waals surface area (Å²) in [6.07, 6.45) is 4.36. The highest BCUT2D eigenvalue weighted by Gasteiger charge is 2.09. The maximum Gasteiger partial charge on any atom is 0.155 e. The van der Waals surface area contributed by atoms with Crippen LogP contribution in [0.15, 0.2) is 17.3 Å². The first kappa shape index (κ1) is 12.5. The van der Waals surface area contributed by atoms with Crippen molar-refractivity contribution in [3.8, 4) is 0 Å². The molecule has 0 aromatic carbocycles. The van der Waals surface area contributed by atoms with Gasteiger partial charge in [-0.25, -0.2) is 4.99 Å². The topological polar surface area (TPSA) is 32.7 Å². The normalized spacial score (nSPS) is 14.8. The Morgan fingerprint density at radius 2 is 2.46 bits per heavy atom. The highest BCUT2D eigenvalue weighted by molar-refractivity contribution is 8.93. The van der Waals surface area contributed by atoms with Crippen LogP contribution < -0.4 is 0 Å². The fraction of sp³-hybridized carbons (Fsp3) is 0.500. The van der Waals surface area contributed by atoms with E-state index in [1.54, 1.807) is 0 Å². The summed E-state index contributed by atoms with van der Waals surface area (Å²) < 4.78 is 0. The molecule has 0 bridgehead atoms. The van der Waals surface area contributed by atoms with Crippen LogP contribution in [0.25, 0.3) is 0 Å². The second kappa shape index (κ2) is 6.95. The summed E-state index contributed by atoms with van der Waals surface area (Å²) >= 11 is 4.42. The number of aliphatic imine (C=N–C) groups is 1. The van der Waals surface area contributed by atoms with E-state index in [4.69, 9.17) is 0 Å². The van der Waals surface area contributed by atoms with E-state index in [0.29, 0.717) is 19.5 Å². The molecule has 1 aliphatic rings. The lowest BCUT2D eigenvalue weighted by molar-refractivity contribution is -0.119. The Morgan fingerprint density at radius 1 is 1.69 bits per heavy atom. The van der Waals surface area contributed by atoms with Crippen LogP contribution in [0.3, 0.4) is 0 Å². The molecule has 5 heteroatoms. The summed E-state index contributed by atoms with van der Waals surface area (Å²) in [6.45, 7) is 1.86. The maximum absolute atomic E-state index is 10.9. The van der Waals surface area contributed by atoms with Crippen LogP contribution in [-0.4, -0.2) is 35.5 Å². The molecule has 0 aromatic heterocycles. The standard InChI is InChI=1S/C8H10N2OS.BrH/c11-8-2-1-4-10(6-8)5-3-9-7-12;/h1,4H,2-3,5-6H2;1H. The molecular formula is C8H11BrN2OS. The molecule has 0 saturated carbocycles. The zero-order valence-electron chi connectivity index (χ0n) is 7.10. The molecule has 0 atom stereocenters. The molecule has 13 heavy (non-hydrogen) atoms. The lowest BCUT2D eigenvalue weighted by Gasteiger charge is -2.20. The predicted octanol–water partition coefficient (Wildman–Crippen LogP) is 1.46. The Morgan fingerprint density at radius 3 is 3.08 bits per heavy atom. The molecule has 1 heterocycles. The van der Waals surface area contributed by atoms with Gasteiger partial charge in [0.15, 0.2) is 5.78 Å². The van der Waals surface area contributed by atoms with Gasteiger partial charge in [0.1, 0.15) is 0 Å². The number of allylic oxidation sites excluding steroid dienone is 1. The number of hydrogen-bond acceptors (Lipinski definition) is 4. The molecule has 72 valence electrons. The van der Waals surface area contributed by atoms with Crippen molar-refractivity contribution >= 4 is 40.1 Å². The number of ketones is 1. The van der Waals surface area contributed by atoms with E-state index in [2.05, 4.69) is 22.4 Å². The molecule has 0 fully saturated rings. The quantitative estimate of drug-likeness (QED) is 0.570. The van der Waals surface area contributed by atoms with E-state index < -0.39 is 0 Å². The highest BCUT2D eigenvalue weighted by atomic mass is 79.9. The molecule has 1 rings (SSSR count). The average Bonchev–Trinajstić information content (AvgIpc) is 2.05. The fourth-order valence-electron chi connectivity index (χ4n) is 1.05. The van der Waals surface area contributed by atoms with Crippen molar-refractivity contribution in [3.63, 3.8) is 0 Å². The van der Waals surface area contributed by atoms with Gasteiger partial charge in [0.25, 0.3) is 0 Å². The minimum Gasteiger partial charge on any atom is -0.369 e. The van der Waals surface area contributed by atoms with Gasteiger partial charge < -0.3 is 4.90 Å². The van der Waals surface area contributed by atoms with Crippen molar-refractivity contribution in [2.75, 3.05) is 19.6 Å². The third-order valence-corrected chi connectivity index (χ3v) is 1.73. The first-order valence-electron chi connectivity index (χ1n) is 3.79. The first-order valence-corrected chi connectivity index (χ1v) is 4.20. The van der Waals surface area contributed by atoms with Gasteiger partial charge in [-0.15, -0.1) is 17.0 Å². The van der Waals surface area contributed by atoms with Crippen molar-refractivity contribution < 1.29 is 4.79 Å². The number of halogens is 1.